The summed E-state index contributed by atoms with van der Waals surface area (Å²) in [6.07, 6.45) is 0. The van der Waals surface area contributed by atoms with E-state index in [1.165, 1.54) is 27.8 Å². The van der Waals surface area contributed by atoms with Crippen molar-refractivity contribution in [3.8, 4) is 16.9 Å². The normalized spacial score (nSPS) is 12.3. The van der Waals surface area contributed by atoms with Gasteiger partial charge in [0.05, 0.1) is 0 Å². The fourth-order valence-corrected chi connectivity index (χ4v) is 3.36. The second-order valence-electron chi connectivity index (χ2n) is 9.28. The highest BCUT2D eigenvalue weighted by molar-refractivity contribution is 5.74. The fourth-order valence-electron chi connectivity index (χ4n) is 3.36. The van der Waals surface area contributed by atoms with E-state index in [4.69, 9.17) is 4.74 Å². The average Bonchev–Trinajstić information content (AvgIpc) is 2.51. The molecule has 0 fully saturated rings. The van der Waals surface area contributed by atoms with E-state index in [0.717, 1.165) is 5.75 Å². The molecule has 0 unspecified atom stereocenters. The monoisotopic (exact) mass is 352 g/mol. The highest BCUT2D eigenvalue weighted by Crippen LogP contribution is 2.39. The van der Waals surface area contributed by atoms with E-state index >= 15 is 0 Å². The van der Waals surface area contributed by atoms with E-state index in [1.54, 1.807) is 0 Å². The second-order valence-corrected chi connectivity index (χ2v) is 9.28. The first-order valence-corrected chi connectivity index (χ1v) is 9.96. The topological polar surface area (TPSA) is 9.23 Å². The molecule has 0 aliphatic rings. The van der Waals surface area contributed by atoms with Crippen molar-refractivity contribution in [2.75, 3.05) is 0 Å². The largest absolute Gasteiger partial charge is 0.488 e. The Bertz CT molecular complexity index is 716. The number of hydrogen-bond donors (Lipinski definition) is 0. The molecule has 0 amide bonds. The van der Waals surface area contributed by atoms with Gasteiger partial charge in [-0.2, -0.15) is 0 Å². The first-order chi connectivity index (χ1) is 12.0. The molecule has 0 radical (unpaired) electrons. The maximum absolute atomic E-state index is 6.13. The van der Waals surface area contributed by atoms with Crippen LogP contribution >= 0.6 is 0 Å². The minimum atomic E-state index is -0.193. The Morgan fingerprint density at radius 3 is 1.69 bits per heavy atom. The summed E-state index contributed by atoms with van der Waals surface area (Å²) in [6, 6.07) is 13.4. The van der Waals surface area contributed by atoms with Gasteiger partial charge in [-0.1, -0.05) is 65.8 Å². The van der Waals surface area contributed by atoms with E-state index in [1.807, 2.05) is 0 Å². The summed E-state index contributed by atoms with van der Waals surface area (Å²) in [5, 5.41) is 0. The second kappa shape index (κ2) is 7.86. The predicted octanol–water partition coefficient (Wildman–Crippen LogP) is 7.90. The minimum Gasteiger partial charge on any atom is -0.488 e. The van der Waals surface area contributed by atoms with Gasteiger partial charge < -0.3 is 4.74 Å². The van der Waals surface area contributed by atoms with Crippen molar-refractivity contribution in [2.45, 2.75) is 85.7 Å². The van der Waals surface area contributed by atoms with Gasteiger partial charge in [0.15, 0.2) is 0 Å². The molecule has 0 bridgehead atoms. The molecule has 2 aromatic carbocycles. The molecule has 2 aromatic rings. The summed E-state index contributed by atoms with van der Waals surface area (Å²) < 4.78 is 6.13. The molecule has 0 heterocycles. The van der Waals surface area contributed by atoms with E-state index in [2.05, 4.69) is 98.7 Å². The molecule has 0 saturated carbocycles. The number of rotatable bonds is 5. The molecule has 0 aromatic heterocycles. The molecule has 26 heavy (non-hydrogen) atoms. The Morgan fingerprint density at radius 1 is 0.731 bits per heavy atom. The molecule has 0 aliphatic carbocycles. The van der Waals surface area contributed by atoms with E-state index in [0.29, 0.717) is 17.8 Å². The van der Waals surface area contributed by atoms with Gasteiger partial charge in [-0.15, -0.1) is 0 Å². The lowest BCUT2D eigenvalue weighted by Gasteiger charge is -2.25. The van der Waals surface area contributed by atoms with Crippen LogP contribution in [0.3, 0.4) is 0 Å². The maximum Gasteiger partial charge on any atom is 0.120 e. The fraction of sp³-hybridized carbons (Fsp3) is 0.520. The van der Waals surface area contributed by atoms with Crippen LogP contribution in [0.25, 0.3) is 11.1 Å². The van der Waals surface area contributed by atoms with Crippen LogP contribution in [-0.4, -0.2) is 5.60 Å². The average molecular weight is 353 g/mol. The molecule has 142 valence electrons. The maximum atomic E-state index is 6.13. The molecule has 0 spiro atoms. The molecule has 0 aliphatic heterocycles. The SMILES string of the molecule is CC(C)c1cc(C(C)C)c(-c2cccc(OC(C)(C)C)c2)c(C(C)C)c1. The first kappa shape index (κ1) is 20.6. The van der Waals surface area contributed by atoms with E-state index in [-0.39, 0.29) is 5.60 Å². The van der Waals surface area contributed by atoms with Gasteiger partial charge >= 0.3 is 0 Å². The van der Waals surface area contributed by atoms with Gasteiger partial charge in [-0.25, -0.2) is 0 Å². The van der Waals surface area contributed by atoms with Crippen LogP contribution in [0.1, 0.15) is 96.8 Å². The zero-order valence-electron chi connectivity index (χ0n) is 18.1. The molecule has 1 heteroatoms. The van der Waals surface area contributed by atoms with Gasteiger partial charge in [-0.3, -0.25) is 0 Å². The van der Waals surface area contributed by atoms with Crippen LogP contribution in [0.4, 0.5) is 0 Å². The van der Waals surface area contributed by atoms with E-state index < -0.39 is 0 Å². The van der Waals surface area contributed by atoms with Crippen LogP contribution in [0, 0.1) is 0 Å². The third-order valence-electron chi connectivity index (χ3n) is 4.68. The molecule has 1 nitrogen and oxygen atoms in total. The van der Waals surface area contributed by atoms with Crippen molar-refractivity contribution in [2.24, 2.45) is 0 Å². The van der Waals surface area contributed by atoms with Crippen molar-refractivity contribution in [1.82, 2.24) is 0 Å². The Labute approximate surface area is 160 Å². The Morgan fingerprint density at radius 2 is 1.27 bits per heavy atom. The predicted molar refractivity (Wildman–Crippen MR) is 115 cm³/mol. The molecule has 0 atom stereocenters. The molecular weight excluding hydrogens is 316 g/mol. The number of hydrogen-bond acceptors (Lipinski definition) is 1. The zero-order chi connectivity index (χ0) is 19.6. The number of benzene rings is 2. The van der Waals surface area contributed by atoms with Crippen LogP contribution < -0.4 is 4.74 Å². The van der Waals surface area contributed by atoms with Crippen molar-refractivity contribution >= 4 is 0 Å². The summed E-state index contributed by atoms with van der Waals surface area (Å²) in [6.45, 7) is 20.0. The quantitative estimate of drug-likeness (QED) is 0.531. The third kappa shape index (κ3) is 4.90. The lowest BCUT2D eigenvalue weighted by molar-refractivity contribution is 0.131. The molecule has 0 saturated heterocycles. The van der Waals surface area contributed by atoms with Crippen LogP contribution in [0.15, 0.2) is 36.4 Å². The zero-order valence-corrected chi connectivity index (χ0v) is 18.1. The standard InChI is InChI=1S/C25H36O/c1-16(2)20-14-22(17(3)4)24(23(15-20)18(5)6)19-11-10-12-21(13-19)26-25(7,8)9/h10-18H,1-9H3. The van der Waals surface area contributed by atoms with E-state index in [9.17, 15) is 0 Å². The van der Waals surface area contributed by atoms with Crippen molar-refractivity contribution < 1.29 is 4.74 Å². The minimum absolute atomic E-state index is 0.193. The van der Waals surface area contributed by atoms with Crippen molar-refractivity contribution in [3.05, 3.63) is 53.1 Å². The van der Waals surface area contributed by atoms with Crippen LogP contribution in [0.2, 0.25) is 0 Å². The van der Waals surface area contributed by atoms with Gasteiger partial charge in [0.25, 0.3) is 0 Å². The Kier molecular flexibility index (Phi) is 6.21. The van der Waals surface area contributed by atoms with Crippen LogP contribution in [-0.2, 0) is 0 Å². The highest BCUT2D eigenvalue weighted by atomic mass is 16.5. The summed E-state index contributed by atoms with van der Waals surface area (Å²) in [4.78, 5) is 0. The lowest BCUT2D eigenvalue weighted by Crippen LogP contribution is -2.22. The lowest BCUT2D eigenvalue weighted by atomic mass is 9.82. The van der Waals surface area contributed by atoms with Gasteiger partial charge in [0.1, 0.15) is 11.4 Å². The third-order valence-corrected chi connectivity index (χ3v) is 4.68. The molecule has 2 rings (SSSR count). The van der Waals surface area contributed by atoms with Gasteiger partial charge in [0, 0.05) is 0 Å². The highest BCUT2D eigenvalue weighted by Gasteiger charge is 2.19. The summed E-state index contributed by atoms with van der Waals surface area (Å²) in [5.41, 5.74) is 6.76. The molecule has 0 N–H and O–H groups in total. The van der Waals surface area contributed by atoms with Gasteiger partial charge in [0.2, 0.25) is 0 Å². The van der Waals surface area contributed by atoms with Gasteiger partial charge in [-0.05, 0) is 78.5 Å². The summed E-state index contributed by atoms with van der Waals surface area (Å²) in [7, 11) is 0. The Balaban J connectivity index is 2.69. The van der Waals surface area contributed by atoms with Crippen molar-refractivity contribution in [3.63, 3.8) is 0 Å². The first-order valence-electron chi connectivity index (χ1n) is 9.96. The molecular formula is C25H36O. The van der Waals surface area contributed by atoms with Crippen molar-refractivity contribution in [1.29, 1.82) is 0 Å². The smallest absolute Gasteiger partial charge is 0.120 e. The number of ether oxygens (including phenoxy) is 1. The summed E-state index contributed by atoms with van der Waals surface area (Å²) >= 11 is 0. The van der Waals surface area contributed by atoms with Crippen LogP contribution in [0.5, 0.6) is 5.75 Å². The summed E-state index contributed by atoms with van der Waals surface area (Å²) in [5.74, 6) is 2.43. The Hall–Kier alpha value is -1.76.